The summed E-state index contributed by atoms with van der Waals surface area (Å²) in [6, 6.07) is 13.3. The smallest absolute Gasteiger partial charge is 0.267 e. The van der Waals surface area contributed by atoms with Crippen LogP contribution in [0.15, 0.2) is 53.0 Å². The highest BCUT2D eigenvalue weighted by atomic mass is 32.2. The van der Waals surface area contributed by atoms with Crippen molar-refractivity contribution in [1.29, 1.82) is 0 Å². The van der Waals surface area contributed by atoms with Crippen molar-refractivity contribution in [3.05, 3.63) is 58.5 Å². The van der Waals surface area contributed by atoms with Gasteiger partial charge in [-0.15, -0.1) is 16.4 Å². The lowest BCUT2D eigenvalue weighted by molar-refractivity contribution is -0.117. The van der Waals surface area contributed by atoms with E-state index in [-0.39, 0.29) is 17.6 Å². The van der Waals surface area contributed by atoms with Crippen molar-refractivity contribution in [2.75, 3.05) is 5.75 Å². The van der Waals surface area contributed by atoms with E-state index in [1.165, 1.54) is 23.1 Å². The highest BCUT2D eigenvalue weighted by Gasteiger charge is 2.30. The minimum absolute atomic E-state index is 0.0972. The van der Waals surface area contributed by atoms with E-state index in [2.05, 4.69) is 15.4 Å². The maximum Gasteiger partial charge on any atom is 0.267 e. The summed E-state index contributed by atoms with van der Waals surface area (Å²) in [5.74, 6) is 0.754. The number of nitrogens with one attached hydrogen (secondary N) is 1. The molecule has 0 aliphatic heterocycles. The lowest BCUT2D eigenvalue weighted by atomic mass is 10.3. The molecule has 0 bridgehead atoms. The zero-order valence-electron chi connectivity index (χ0n) is 13.8. The minimum Gasteiger partial charge on any atom is -0.291 e. The number of hydrogen-bond acceptors (Lipinski definition) is 6. The molecule has 1 aliphatic rings. The van der Waals surface area contributed by atoms with Crippen molar-refractivity contribution in [1.82, 2.24) is 20.1 Å². The van der Waals surface area contributed by atoms with E-state index in [1.54, 1.807) is 17.5 Å². The first kappa shape index (κ1) is 17.0. The molecule has 1 saturated carbocycles. The van der Waals surface area contributed by atoms with Crippen molar-refractivity contribution in [2.45, 2.75) is 23.9 Å². The van der Waals surface area contributed by atoms with Gasteiger partial charge in [0.1, 0.15) is 5.82 Å². The molecule has 1 fully saturated rings. The summed E-state index contributed by atoms with van der Waals surface area (Å²) in [5.41, 5.74) is 0.964. The van der Waals surface area contributed by atoms with Gasteiger partial charge in [-0.1, -0.05) is 36.0 Å². The van der Waals surface area contributed by atoms with Crippen LogP contribution < -0.4 is 5.32 Å². The van der Waals surface area contributed by atoms with Crippen LogP contribution in [0.25, 0.3) is 5.69 Å². The normalized spacial score (nSPS) is 13.5. The summed E-state index contributed by atoms with van der Waals surface area (Å²) < 4.78 is 1.86. The Morgan fingerprint density at radius 1 is 1.19 bits per heavy atom. The molecule has 2 heterocycles. The Bertz CT molecular complexity index is 918. The molecule has 0 unspecified atom stereocenters. The van der Waals surface area contributed by atoms with Crippen LogP contribution in [0.2, 0.25) is 0 Å². The monoisotopic (exact) mass is 384 g/mol. The predicted molar refractivity (Wildman–Crippen MR) is 101 cm³/mol. The first-order valence-corrected chi connectivity index (χ1v) is 10.1. The molecule has 6 nitrogen and oxygen atoms in total. The van der Waals surface area contributed by atoms with E-state index in [4.69, 9.17) is 0 Å². The van der Waals surface area contributed by atoms with Crippen molar-refractivity contribution >= 4 is 34.9 Å². The number of carbonyl (C=O) groups excluding carboxylic acids is 2. The van der Waals surface area contributed by atoms with Gasteiger partial charge in [0.25, 0.3) is 5.91 Å². The number of rotatable bonds is 6. The number of para-hydroxylation sites is 1. The SMILES string of the molecule is O=C(CSc1nc(C2CC2)n(-c2ccccc2)n1)NC(=O)c1cccs1. The van der Waals surface area contributed by atoms with Gasteiger partial charge in [-0.25, -0.2) is 9.67 Å². The van der Waals surface area contributed by atoms with Crippen LogP contribution in [-0.2, 0) is 4.79 Å². The van der Waals surface area contributed by atoms with Gasteiger partial charge in [-0.05, 0) is 36.4 Å². The van der Waals surface area contributed by atoms with Crippen molar-refractivity contribution in [3.8, 4) is 5.69 Å². The fraction of sp³-hybridized carbons (Fsp3) is 0.222. The van der Waals surface area contributed by atoms with Crippen LogP contribution in [0.3, 0.4) is 0 Å². The number of benzene rings is 1. The first-order valence-electron chi connectivity index (χ1n) is 8.23. The highest BCUT2D eigenvalue weighted by Crippen LogP contribution is 2.40. The fourth-order valence-electron chi connectivity index (χ4n) is 2.49. The summed E-state index contributed by atoms with van der Waals surface area (Å²) in [5, 5.41) is 9.29. The van der Waals surface area contributed by atoms with Gasteiger partial charge in [-0.2, -0.15) is 0 Å². The molecule has 0 spiro atoms. The van der Waals surface area contributed by atoms with Gasteiger partial charge in [0, 0.05) is 5.92 Å². The van der Waals surface area contributed by atoms with Crippen LogP contribution in [0.4, 0.5) is 0 Å². The minimum atomic E-state index is -0.368. The van der Waals surface area contributed by atoms with E-state index in [1.807, 2.05) is 35.0 Å². The predicted octanol–water partition coefficient (Wildman–Crippen LogP) is 3.25. The summed E-state index contributed by atoms with van der Waals surface area (Å²) in [7, 11) is 0. The molecule has 0 saturated heterocycles. The average molecular weight is 384 g/mol. The first-order chi connectivity index (χ1) is 12.7. The molecule has 1 aliphatic carbocycles. The van der Waals surface area contributed by atoms with Crippen molar-refractivity contribution in [2.24, 2.45) is 0 Å². The van der Waals surface area contributed by atoms with Gasteiger partial charge in [0.15, 0.2) is 0 Å². The molecule has 3 aromatic rings. The van der Waals surface area contributed by atoms with E-state index >= 15 is 0 Å². The van der Waals surface area contributed by atoms with Crippen molar-refractivity contribution < 1.29 is 9.59 Å². The summed E-state index contributed by atoms with van der Waals surface area (Å²) in [6.07, 6.45) is 2.23. The van der Waals surface area contributed by atoms with Crippen LogP contribution in [0.1, 0.15) is 34.3 Å². The zero-order chi connectivity index (χ0) is 17.9. The third kappa shape index (κ3) is 3.86. The molecule has 0 atom stereocenters. The van der Waals surface area contributed by atoms with Crippen molar-refractivity contribution in [3.63, 3.8) is 0 Å². The maximum absolute atomic E-state index is 12.0. The summed E-state index contributed by atoms with van der Waals surface area (Å²) >= 11 is 2.54. The Balaban J connectivity index is 1.42. The third-order valence-corrected chi connectivity index (χ3v) is 5.59. The number of imide groups is 1. The molecular weight excluding hydrogens is 368 g/mol. The molecule has 4 rings (SSSR count). The number of nitrogens with zero attached hydrogens (tertiary/aromatic N) is 3. The van der Waals surface area contributed by atoms with Gasteiger partial charge in [-0.3, -0.25) is 14.9 Å². The van der Waals surface area contributed by atoms with Gasteiger partial charge >= 0.3 is 0 Å². The Kier molecular flexibility index (Phi) is 4.85. The van der Waals surface area contributed by atoms with E-state index in [9.17, 15) is 9.59 Å². The molecule has 26 heavy (non-hydrogen) atoms. The van der Waals surface area contributed by atoms with E-state index in [0.29, 0.717) is 16.0 Å². The van der Waals surface area contributed by atoms with Gasteiger partial charge in [0.05, 0.1) is 16.3 Å². The molecular formula is C18H16N4O2S2. The highest BCUT2D eigenvalue weighted by molar-refractivity contribution is 7.99. The fourth-order valence-corrected chi connectivity index (χ4v) is 3.74. The van der Waals surface area contributed by atoms with Gasteiger partial charge in [0.2, 0.25) is 11.1 Å². The third-order valence-electron chi connectivity index (χ3n) is 3.89. The molecule has 1 aromatic carbocycles. The Labute approximate surface area is 158 Å². The van der Waals surface area contributed by atoms with E-state index in [0.717, 1.165) is 24.4 Å². The van der Waals surface area contributed by atoms with Gasteiger partial charge < -0.3 is 0 Å². The Morgan fingerprint density at radius 2 is 2.00 bits per heavy atom. The number of hydrogen-bond donors (Lipinski definition) is 1. The largest absolute Gasteiger partial charge is 0.291 e. The summed E-state index contributed by atoms with van der Waals surface area (Å²) in [6.45, 7) is 0. The number of amides is 2. The summed E-state index contributed by atoms with van der Waals surface area (Å²) in [4.78, 5) is 29.0. The number of thiophene rings is 1. The molecule has 2 amide bonds. The lowest BCUT2D eigenvalue weighted by Gasteiger charge is -2.03. The zero-order valence-corrected chi connectivity index (χ0v) is 15.4. The molecule has 8 heteroatoms. The second kappa shape index (κ2) is 7.43. The van der Waals surface area contributed by atoms with Crippen LogP contribution in [0, 0.1) is 0 Å². The molecule has 0 radical (unpaired) electrons. The quantitative estimate of drug-likeness (QED) is 0.660. The second-order valence-electron chi connectivity index (χ2n) is 5.92. The lowest BCUT2D eigenvalue weighted by Crippen LogP contribution is -2.31. The molecule has 1 N–H and O–H groups in total. The van der Waals surface area contributed by atoms with Crippen LogP contribution in [0.5, 0.6) is 0 Å². The van der Waals surface area contributed by atoms with E-state index < -0.39 is 0 Å². The standard InChI is InChI=1S/C18H16N4O2S2/c23-15(19-17(24)14-7-4-10-25-14)11-26-18-20-16(12-8-9-12)22(21-18)13-5-2-1-3-6-13/h1-7,10,12H,8-9,11H2,(H,19,23,24). The topological polar surface area (TPSA) is 76.9 Å². The van der Waals surface area contributed by atoms with Crippen LogP contribution >= 0.6 is 23.1 Å². The number of thioether (sulfide) groups is 1. The second-order valence-corrected chi connectivity index (χ2v) is 7.81. The Morgan fingerprint density at radius 3 is 2.69 bits per heavy atom. The van der Waals surface area contributed by atoms with Crippen LogP contribution in [-0.4, -0.2) is 32.3 Å². The molecule has 132 valence electrons. The Hall–Kier alpha value is -2.45. The average Bonchev–Trinajstić information content (AvgIpc) is 3.19. The number of aromatic nitrogens is 3. The molecule has 2 aromatic heterocycles. The number of carbonyl (C=O) groups is 2. The maximum atomic E-state index is 12.0.